The number of nitrogens with one attached hydrogen (secondary N) is 1. The second kappa shape index (κ2) is 7.09. The molecule has 1 aliphatic rings. The maximum atomic E-state index is 4.54. The summed E-state index contributed by atoms with van der Waals surface area (Å²) in [7, 11) is 2.10. The topological polar surface area (TPSA) is 29.9 Å². The number of hydrogen-bond donors (Lipinski definition) is 1. The highest BCUT2D eigenvalue weighted by atomic mass is 15.3. The van der Waals surface area contributed by atoms with Gasteiger partial charge in [0.2, 0.25) is 0 Å². The maximum absolute atomic E-state index is 4.54. The third kappa shape index (κ3) is 4.07. The second-order valence-electron chi connectivity index (χ2n) is 6.01. The summed E-state index contributed by atoms with van der Waals surface area (Å²) in [5.41, 5.74) is 2.52. The van der Waals surface area contributed by atoms with Gasteiger partial charge in [-0.25, -0.2) is 0 Å². The first-order valence-electron chi connectivity index (χ1n) is 7.93. The molecule has 0 aromatic carbocycles. The van der Waals surface area contributed by atoms with E-state index in [1.807, 2.05) is 0 Å². The summed E-state index contributed by atoms with van der Waals surface area (Å²) < 4.78 is 2.15. The van der Waals surface area contributed by atoms with E-state index in [2.05, 4.69) is 42.1 Å². The molecule has 1 aromatic rings. The Labute approximate surface area is 117 Å². The lowest BCUT2D eigenvalue weighted by atomic mass is 9.96. The molecule has 3 nitrogen and oxygen atoms in total. The van der Waals surface area contributed by atoms with E-state index in [4.69, 9.17) is 0 Å². The number of hydrogen-bond acceptors (Lipinski definition) is 2. The van der Waals surface area contributed by atoms with Gasteiger partial charge in [0.15, 0.2) is 0 Å². The summed E-state index contributed by atoms with van der Waals surface area (Å²) in [4.78, 5) is 0. The largest absolute Gasteiger partial charge is 0.317 e. The fourth-order valence-corrected chi connectivity index (χ4v) is 3.37. The molecule has 1 heterocycles. The van der Waals surface area contributed by atoms with Crippen LogP contribution in [0.15, 0.2) is 6.07 Å². The lowest BCUT2D eigenvalue weighted by Gasteiger charge is -2.18. The molecule has 1 saturated carbocycles. The Morgan fingerprint density at radius 1 is 1.42 bits per heavy atom. The van der Waals surface area contributed by atoms with Crippen molar-refractivity contribution in [2.24, 2.45) is 5.92 Å². The van der Waals surface area contributed by atoms with Crippen molar-refractivity contribution in [1.29, 1.82) is 0 Å². The average Bonchev–Trinajstić information content (AvgIpc) is 3.03. The molecule has 0 spiro atoms. The zero-order valence-corrected chi connectivity index (χ0v) is 12.8. The Morgan fingerprint density at radius 3 is 2.79 bits per heavy atom. The predicted molar refractivity (Wildman–Crippen MR) is 80.4 cm³/mol. The molecule has 2 rings (SSSR count). The molecule has 0 bridgehead atoms. The van der Waals surface area contributed by atoms with Gasteiger partial charge in [-0.2, -0.15) is 5.10 Å². The quantitative estimate of drug-likeness (QED) is 0.818. The van der Waals surface area contributed by atoms with Crippen LogP contribution in [-0.4, -0.2) is 22.9 Å². The highest BCUT2D eigenvalue weighted by Crippen LogP contribution is 2.29. The highest BCUT2D eigenvalue weighted by Gasteiger charge is 2.18. The lowest BCUT2D eigenvalue weighted by Crippen LogP contribution is -2.29. The zero-order chi connectivity index (χ0) is 13.7. The molecule has 0 radical (unpaired) electrons. The number of likely N-dealkylation sites (N-methyl/N-ethyl adjacent to an activating group) is 1. The van der Waals surface area contributed by atoms with E-state index in [-0.39, 0.29) is 0 Å². The standard InChI is InChI=1S/C16H29N3/c1-4-19-16(11-13(2)18-19)12-15(17-3)10-9-14-7-5-6-8-14/h11,14-15,17H,4-10,12H2,1-3H3. The minimum absolute atomic E-state index is 0.599. The number of aryl methyl sites for hydroxylation is 2. The van der Waals surface area contributed by atoms with Crippen LogP contribution in [0.1, 0.15) is 56.8 Å². The maximum Gasteiger partial charge on any atom is 0.0596 e. The molecular formula is C16H29N3. The first-order valence-corrected chi connectivity index (χ1v) is 7.93. The van der Waals surface area contributed by atoms with Crippen LogP contribution in [0.4, 0.5) is 0 Å². The van der Waals surface area contributed by atoms with E-state index in [9.17, 15) is 0 Å². The van der Waals surface area contributed by atoms with Crippen molar-refractivity contribution in [2.75, 3.05) is 7.05 Å². The van der Waals surface area contributed by atoms with Gasteiger partial charge in [-0.1, -0.05) is 25.7 Å². The van der Waals surface area contributed by atoms with Gasteiger partial charge < -0.3 is 5.32 Å². The van der Waals surface area contributed by atoms with Gasteiger partial charge in [0.1, 0.15) is 0 Å². The molecule has 1 aliphatic carbocycles. The van der Waals surface area contributed by atoms with Crippen LogP contribution < -0.4 is 5.32 Å². The van der Waals surface area contributed by atoms with Crippen molar-refractivity contribution in [3.05, 3.63) is 17.5 Å². The fourth-order valence-electron chi connectivity index (χ4n) is 3.37. The van der Waals surface area contributed by atoms with Gasteiger partial charge in [0, 0.05) is 24.7 Å². The van der Waals surface area contributed by atoms with Crippen LogP contribution in [0.25, 0.3) is 0 Å². The van der Waals surface area contributed by atoms with Crippen LogP contribution in [-0.2, 0) is 13.0 Å². The molecule has 3 heteroatoms. The Bertz CT molecular complexity index is 377. The Kier molecular flexibility index (Phi) is 5.44. The normalized spacial score (nSPS) is 18.1. The summed E-state index contributed by atoms with van der Waals surface area (Å²) in [6.07, 6.45) is 9.63. The Morgan fingerprint density at radius 2 is 2.16 bits per heavy atom. The summed E-state index contributed by atoms with van der Waals surface area (Å²) in [6.45, 7) is 5.23. The number of nitrogens with zero attached hydrogens (tertiary/aromatic N) is 2. The molecule has 19 heavy (non-hydrogen) atoms. The first-order chi connectivity index (χ1) is 9.22. The van der Waals surface area contributed by atoms with Crippen molar-refractivity contribution in [3.8, 4) is 0 Å². The molecule has 0 amide bonds. The van der Waals surface area contributed by atoms with Crippen molar-refractivity contribution in [1.82, 2.24) is 15.1 Å². The van der Waals surface area contributed by atoms with Crippen molar-refractivity contribution >= 4 is 0 Å². The van der Waals surface area contributed by atoms with Gasteiger partial charge >= 0.3 is 0 Å². The van der Waals surface area contributed by atoms with E-state index in [0.29, 0.717) is 6.04 Å². The molecule has 0 saturated heterocycles. The summed E-state index contributed by atoms with van der Waals surface area (Å²) in [5.74, 6) is 0.994. The number of rotatable bonds is 7. The minimum atomic E-state index is 0.599. The summed E-state index contributed by atoms with van der Waals surface area (Å²) >= 11 is 0. The van der Waals surface area contributed by atoms with E-state index in [0.717, 1.165) is 24.6 Å². The molecular weight excluding hydrogens is 234 g/mol. The van der Waals surface area contributed by atoms with E-state index in [1.165, 1.54) is 44.2 Å². The predicted octanol–water partition coefficient (Wildman–Crippen LogP) is 3.31. The van der Waals surface area contributed by atoms with Crippen LogP contribution in [0.5, 0.6) is 0 Å². The third-order valence-corrected chi connectivity index (χ3v) is 4.55. The van der Waals surface area contributed by atoms with Crippen LogP contribution in [0.3, 0.4) is 0 Å². The van der Waals surface area contributed by atoms with Crippen LogP contribution in [0, 0.1) is 12.8 Å². The summed E-state index contributed by atoms with van der Waals surface area (Å²) in [5, 5.41) is 8.04. The minimum Gasteiger partial charge on any atom is -0.317 e. The Hall–Kier alpha value is -0.830. The first kappa shape index (κ1) is 14.6. The van der Waals surface area contributed by atoms with Gasteiger partial charge in [0.05, 0.1) is 5.69 Å². The zero-order valence-electron chi connectivity index (χ0n) is 12.8. The second-order valence-corrected chi connectivity index (χ2v) is 6.01. The van der Waals surface area contributed by atoms with Crippen LogP contribution in [0.2, 0.25) is 0 Å². The van der Waals surface area contributed by atoms with Crippen molar-refractivity contribution < 1.29 is 0 Å². The fraction of sp³-hybridized carbons (Fsp3) is 0.812. The van der Waals surface area contributed by atoms with Gasteiger partial charge in [-0.05, 0) is 45.7 Å². The SMILES string of the molecule is CCn1nc(C)cc1CC(CCC1CCCC1)NC. The lowest BCUT2D eigenvalue weighted by molar-refractivity contribution is 0.411. The van der Waals surface area contributed by atoms with E-state index in [1.54, 1.807) is 0 Å². The molecule has 1 aromatic heterocycles. The third-order valence-electron chi connectivity index (χ3n) is 4.55. The highest BCUT2D eigenvalue weighted by molar-refractivity contribution is 5.10. The van der Waals surface area contributed by atoms with E-state index >= 15 is 0 Å². The molecule has 108 valence electrons. The smallest absolute Gasteiger partial charge is 0.0596 e. The molecule has 1 fully saturated rings. The molecule has 1 atom stereocenters. The monoisotopic (exact) mass is 263 g/mol. The molecule has 0 aliphatic heterocycles. The van der Waals surface area contributed by atoms with Gasteiger partial charge in [0.25, 0.3) is 0 Å². The van der Waals surface area contributed by atoms with Crippen LogP contribution >= 0.6 is 0 Å². The van der Waals surface area contributed by atoms with Gasteiger partial charge in [-0.3, -0.25) is 4.68 Å². The average molecular weight is 263 g/mol. The van der Waals surface area contributed by atoms with Gasteiger partial charge in [-0.15, -0.1) is 0 Å². The Balaban J connectivity index is 1.86. The molecule has 1 unspecified atom stereocenters. The van der Waals surface area contributed by atoms with Crippen molar-refractivity contribution in [3.63, 3.8) is 0 Å². The number of aromatic nitrogens is 2. The summed E-state index contributed by atoms with van der Waals surface area (Å²) in [6, 6.07) is 2.84. The molecule has 1 N–H and O–H groups in total. The van der Waals surface area contributed by atoms with Crippen molar-refractivity contribution in [2.45, 2.75) is 71.4 Å². The van der Waals surface area contributed by atoms with E-state index < -0.39 is 0 Å².